The second-order valence-corrected chi connectivity index (χ2v) is 4.68. The molecule has 0 aliphatic heterocycles. The highest BCUT2D eigenvalue weighted by atomic mass is 16.5. The molecule has 1 atom stereocenters. The molecule has 100 valence electrons. The summed E-state index contributed by atoms with van der Waals surface area (Å²) in [7, 11) is 1.30. The Morgan fingerprint density at radius 2 is 2.11 bits per heavy atom. The second-order valence-electron chi connectivity index (χ2n) is 4.68. The molecule has 1 rings (SSSR count). The second kappa shape index (κ2) is 6.70. The predicted molar refractivity (Wildman–Crippen MR) is 66.4 cm³/mol. The summed E-state index contributed by atoms with van der Waals surface area (Å²) in [6.07, 6.45) is 4.60. The highest BCUT2D eigenvalue weighted by Gasteiger charge is 2.31. The molecule has 0 amide bonds. The first-order valence-electron chi connectivity index (χ1n) is 6.14. The molecule has 0 heterocycles. The van der Waals surface area contributed by atoms with E-state index in [0.717, 1.165) is 0 Å². The van der Waals surface area contributed by atoms with Crippen LogP contribution in [0, 0.1) is 34.0 Å². The predicted octanol–water partition coefficient (Wildman–Crippen LogP) is 1.90. The molecular formula is C14H16N2O3. The van der Waals surface area contributed by atoms with Crippen LogP contribution in [0.1, 0.15) is 32.1 Å². The zero-order chi connectivity index (χ0) is 14.3. The Balaban J connectivity index is 2.88. The maximum atomic E-state index is 11.8. The SMILES string of the molecule is COC(=O)C1C/C=C/CC(C#N)(C#N)CCC(=O)C1. The summed E-state index contributed by atoms with van der Waals surface area (Å²) in [5.74, 6) is -0.976. The third-order valence-electron chi connectivity index (χ3n) is 3.32. The van der Waals surface area contributed by atoms with E-state index in [2.05, 4.69) is 4.74 Å². The standard InChI is InChI=1S/C14H16N2O3/c1-19-13(18)11-4-2-3-6-14(9-15,10-16)7-5-12(17)8-11/h2-3,11H,4-8H2,1H3/b3-2+. The molecule has 1 unspecified atom stereocenters. The monoisotopic (exact) mass is 260 g/mol. The van der Waals surface area contributed by atoms with Crippen LogP contribution >= 0.6 is 0 Å². The van der Waals surface area contributed by atoms with Crippen molar-refractivity contribution in [2.24, 2.45) is 11.3 Å². The molecule has 5 heteroatoms. The van der Waals surface area contributed by atoms with E-state index in [4.69, 9.17) is 10.5 Å². The Morgan fingerprint density at radius 3 is 2.68 bits per heavy atom. The molecule has 5 nitrogen and oxygen atoms in total. The van der Waals surface area contributed by atoms with Gasteiger partial charge in [0.2, 0.25) is 0 Å². The summed E-state index contributed by atoms with van der Waals surface area (Å²) in [6.45, 7) is 0. The normalized spacial score (nSPS) is 24.6. The van der Waals surface area contributed by atoms with Crippen LogP contribution in [0.2, 0.25) is 0 Å². The van der Waals surface area contributed by atoms with Gasteiger partial charge in [0.1, 0.15) is 11.2 Å². The van der Waals surface area contributed by atoms with Gasteiger partial charge in [-0.2, -0.15) is 10.5 Å². The van der Waals surface area contributed by atoms with E-state index in [1.54, 1.807) is 12.2 Å². The summed E-state index contributed by atoms with van der Waals surface area (Å²) in [6, 6.07) is 3.99. The maximum absolute atomic E-state index is 11.8. The maximum Gasteiger partial charge on any atom is 0.309 e. The summed E-state index contributed by atoms with van der Waals surface area (Å²) in [4.78, 5) is 23.3. The fraction of sp³-hybridized carbons (Fsp3) is 0.571. The fourth-order valence-corrected chi connectivity index (χ4v) is 2.03. The molecule has 0 aromatic heterocycles. The van der Waals surface area contributed by atoms with Crippen molar-refractivity contribution in [2.45, 2.75) is 32.1 Å². The third kappa shape index (κ3) is 3.93. The molecule has 0 radical (unpaired) electrons. The van der Waals surface area contributed by atoms with Crippen LogP contribution in [-0.4, -0.2) is 18.9 Å². The molecule has 0 fully saturated rings. The molecule has 0 aromatic rings. The molecule has 0 N–H and O–H groups in total. The van der Waals surface area contributed by atoms with E-state index in [0.29, 0.717) is 6.42 Å². The number of ether oxygens (including phenoxy) is 1. The van der Waals surface area contributed by atoms with Crippen LogP contribution in [0.4, 0.5) is 0 Å². The van der Waals surface area contributed by atoms with E-state index in [1.165, 1.54) is 7.11 Å². The van der Waals surface area contributed by atoms with Gasteiger partial charge in [-0.1, -0.05) is 12.2 Å². The van der Waals surface area contributed by atoms with Gasteiger partial charge in [-0.25, -0.2) is 0 Å². The number of rotatable bonds is 1. The highest BCUT2D eigenvalue weighted by Crippen LogP contribution is 2.29. The smallest absolute Gasteiger partial charge is 0.309 e. The van der Waals surface area contributed by atoms with Crippen LogP contribution in [0.25, 0.3) is 0 Å². The Labute approximate surface area is 112 Å². The molecule has 0 saturated carbocycles. The largest absolute Gasteiger partial charge is 0.469 e. The van der Waals surface area contributed by atoms with Gasteiger partial charge in [-0.15, -0.1) is 0 Å². The van der Waals surface area contributed by atoms with Crippen molar-refractivity contribution in [1.82, 2.24) is 0 Å². The van der Waals surface area contributed by atoms with Crippen molar-refractivity contribution >= 4 is 11.8 Å². The first kappa shape index (κ1) is 14.9. The number of methoxy groups -OCH3 is 1. The number of nitrogens with zero attached hydrogens (tertiary/aromatic N) is 2. The topological polar surface area (TPSA) is 90.9 Å². The van der Waals surface area contributed by atoms with E-state index < -0.39 is 17.3 Å². The molecule has 1 aliphatic rings. The minimum atomic E-state index is -1.13. The summed E-state index contributed by atoms with van der Waals surface area (Å²) >= 11 is 0. The average Bonchev–Trinajstić information content (AvgIpc) is 2.45. The van der Waals surface area contributed by atoms with Crippen molar-refractivity contribution in [3.05, 3.63) is 12.2 Å². The first-order valence-corrected chi connectivity index (χ1v) is 6.14. The van der Waals surface area contributed by atoms with E-state index in [-0.39, 0.29) is 31.5 Å². The Kier molecular flexibility index (Phi) is 5.26. The van der Waals surface area contributed by atoms with Gasteiger partial charge < -0.3 is 4.74 Å². The number of ketones is 1. The van der Waals surface area contributed by atoms with Gasteiger partial charge in [0, 0.05) is 12.8 Å². The van der Waals surface area contributed by atoms with Crippen molar-refractivity contribution in [3.8, 4) is 12.1 Å². The highest BCUT2D eigenvalue weighted by molar-refractivity contribution is 5.84. The van der Waals surface area contributed by atoms with Gasteiger partial charge >= 0.3 is 5.97 Å². The number of carbonyl (C=O) groups excluding carboxylic acids is 2. The minimum absolute atomic E-state index is 0.101. The minimum Gasteiger partial charge on any atom is -0.469 e. The number of esters is 1. The van der Waals surface area contributed by atoms with E-state index >= 15 is 0 Å². The van der Waals surface area contributed by atoms with Crippen molar-refractivity contribution in [2.75, 3.05) is 7.11 Å². The number of allylic oxidation sites excluding steroid dienone is 2. The molecular weight excluding hydrogens is 244 g/mol. The Hall–Kier alpha value is -2.14. The quantitative estimate of drug-likeness (QED) is 0.530. The zero-order valence-electron chi connectivity index (χ0n) is 10.9. The fourth-order valence-electron chi connectivity index (χ4n) is 2.03. The summed E-state index contributed by atoms with van der Waals surface area (Å²) < 4.78 is 4.66. The van der Waals surface area contributed by atoms with Crippen LogP contribution in [0.5, 0.6) is 0 Å². The van der Waals surface area contributed by atoms with Gasteiger partial charge in [0.25, 0.3) is 0 Å². The van der Waals surface area contributed by atoms with Gasteiger partial charge in [0.15, 0.2) is 0 Å². The zero-order valence-corrected chi connectivity index (χ0v) is 10.9. The van der Waals surface area contributed by atoms with E-state index in [1.807, 2.05) is 12.1 Å². The van der Waals surface area contributed by atoms with Crippen LogP contribution in [0.3, 0.4) is 0 Å². The number of hydrogen-bond donors (Lipinski definition) is 0. The Bertz CT molecular complexity index is 454. The summed E-state index contributed by atoms with van der Waals surface area (Å²) in [5.41, 5.74) is -1.13. The van der Waals surface area contributed by atoms with Crippen LogP contribution < -0.4 is 0 Å². The molecule has 0 saturated heterocycles. The lowest BCUT2D eigenvalue weighted by atomic mass is 9.80. The molecule has 1 aliphatic carbocycles. The van der Waals surface area contributed by atoms with Crippen molar-refractivity contribution in [3.63, 3.8) is 0 Å². The van der Waals surface area contributed by atoms with E-state index in [9.17, 15) is 9.59 Å². The number of nitriles is 2. The van der Waals surface area contributed by atoms with Crippen molar-refractivity contribution in [1.29, 1.82) is 10.5 Å². The lowest BCUT2D eigenvalue weighted by Crippen LogP contribution is -2.23. The van der Waals surface area contributed by atoms with Crippen LogP contribution in [0.15, 0.2) is 12.2 Å². The van der Waals surface area contributed by atoms with Gasteiger partial charge in [0.05, 0.1) is 25.2 Å². The first-order chi connectivity index (χ1) is 9.06. The molecule has 0 spiro atoms. The lowest BCUT2D eigenvalue weighted by molar-refractivity contribution is -0.147. The van der Waals surface area contributed by atoms with Gasteiger partial charge in [-0.3, -0.25) is 9.59 Å². The summed E-state index contributed by atoms with van der Waals surface area (Å²) in [5, 5.41) is 18.2. The molecule has 0 bridgehead atoms. The number of carbonyl (C=O) groups is 2. The molecule has 19 heavy (non-hydrogen) atoms. The molecule has 0 aromatic carbocycles. The average molecular weight is 260 g/mol. The Morgan fingerprint density at radius 1 is 1.42 bits per heavy atom. The lowest BCUT2D eigenvalue weighted by Gasteiger charge is -2.19. The van der Waals surface area contributed by atoms with Crippen molar-refractivity contribution < 1.29 is 14.3 Å². The number of hydrogen-bond acceptors (Lipinski definition) is 5. The number of Topliss-reactive ketones (excluding diaryl/α,β-unsaturated/α-hetero) is 1. The van der Waals surface area contributed by atoms with Crippen LogP contribution in [-0.2, 0) is 14.3 Å². The van der Waals surface area contributed by atoms with Gasteiger partial charge in [-0.05, 0) is 19.3 Å². The third-order valence-corrected chi connectivity index (χ3v) is 3.32.